The Hall–Kier alpha value is -1.10. The number of hydrogen-bond donors (Lipinski definition) is 0. The summed E-state index contributed by atoms with van der Waals surface area (Å²) in [7, 11) is 0. The number of aromatic nitrogens is 1. The second-order valence-corrected chi connectivity index (χ2v) is 3.63. The minimum absolute atomic E-state index is 0.221. The average molecular weight is 260 g/mol. The SMILES string of the molecule is CC(=O)OC(C)n1cccc(Br)c1=O. The van der Waals surface area contributed by atoms with Gasteiger partial charge in [-0.1, -0.05) is 0 Å². The third-order valence-electron chi connectivity index (χ3n) is 1.66. The van der Waals surface area contributed by atoms with Gasteiger partial charge < -0.3 is 4.74 Å². The molecule has 0 fully saturated rings. The summed E-state index contributed by atoms with van der Waals surface area (Å²) in [5.74, 6) is -0.413. The first kappa shape index (κ1) is 11.0. The molecular formula is C9H10BrNO3. The van der Waals surface area contributed by atoms with E-state index in [2.05, 4.69) is 15.9 Å². The van der Waals surface area contributed by atoms with Gasteiger partial charge in [0.1, 0.15) is 0 Å². The zero-order valence-electron chi connectivity index (χ0n) is 7.86. The highest BCUT2D eigenvalue weighted by Crippen LogP contribution is 2.07. The highest BCUT2D eigenvalue weighted by Gasteiger charge is 2.09. The van der Waals surface area contributed by atoms with Crippen LogP contribution in [-0.2, 0) is 9.53 Å². The standard InChI is InChI=1S/C9H10BrNO3/c1-6(14-7(2)12)11-5-3-4-8(10)9(11)13/h3-6H,1-2H3. The third kappa shape index (κ3) is 2.45. The summed E-state index contributed by atoms with van der Waals surface area (Å²) in [6, 6.07) is 3.34. The molecule has 0 saturated heterocycles. The molecule has 0 aromatic carbocycles. The topological polar surface area (TPSA) is 48.3 Å². The van der Waals surface area contributed by atoms with Crippen molar-refractivity contribution in [1.82, 2.24) is 4.57 Å². The van der Waals surface area contributed by atoms with Gasteiger partial charge in [-0.15, -0.1) is 0 Å². The lowest BCUT2D eigenvalue weighted by Crippen LogP contribution is -2.25. The molecule has 1 unspecified atom stereocenters. The predicted octanol–water partition coefficient (Wildman–Crippen LogP) is 1.69. The maximum Gasteiger partial charge on any atom is 0.304 e. The molecule has 0 spiro atoms. The van der Waals surface area contributed by atoms with Crippen LogP contribution in [0, 0.1) is 0 Å². The Balaban J connectivity index is 3.01. The van der Waals surface area contributed by atoms with Crippen molar-refractivity contribution >= 4 is 21.9 Å². The summed E-state index contributed by atoms with van der Waals surface area (Å²) in [5.41, 5.74) is -0.221. The number of carbonyl (C=O) groups excluding carboxylic acids is 1. The van der Waals surface area contributed by atoms with Crippen molar-refractivity contribution in [3.8, 4) is 0 Å². The number of ether oxygens (including phenoxy) is 1. The molecule has 1 heterocycles. The quantitative estimate of drug-likeness (QED) is 0.760. The van der Waals surface area contributed by atoms with Crippen molar-refractivity contribution in [2.45, 2.75) is 20.1 Å². The van der Waals surface area contributed by atoms with Crippen molar-refractivity contribution in [3.63, 3.8) is 0 Å². The summed E-state index contributed by atoms with van der Waals surface area (Å²) in [5, 5.41) is 0. The molecule has 1 aromatic heterocycles. The van der Waals surface area contributed by atoms with E-state index in [4.69, 9.17) is 4.74 Å². The zero-order valence-corrected chi connectivity index (χ0v) is 9.45. The van der Waals surface area contributed by atoms with E-state index in [1.165, 1.54) is 11.5 Å². The van der Waals surface area contributed by atoms with Gasteiger partial charge in [0, 0.05) is 13.1 Å². The number of rotatable bonds is 2. The average Bonchev–Trinajstić information content (AvgIpc) is 2.08. The van der Waals surface area contributed by atoms with Crippen LogP contribution in [0.25, 0.3) is 0 Å². The smallest absolute Gasteiger partial charge is 0.304 e. The number of nitrogens with zero attached hydrogens (tertiary/aromatic N) is 1. The van der Waals surface area contributed by atoms with Gasteiger partial charge >= 0.3 is 5.97 Å². The molecule has 0 N–H and O–H groups in total. The summed E-state index contributed by atoms with van der Waals surface area (Å²) >= 11 is 3.11. The second-order valence-electron chi connectivity index (χ2n) is 2.78. The van der Waals surface area contributed by atoms with Crippen LogP contribution >= 0.6 is 15.9 Å². The van der Waals surface area contributed by atoms with E-state index in [1.54, 1.807) is 25.3 Å². The first-order valence-corrected chi connectivity index (χ1v) is 4.85. The normalized spacial score (nSPS) is 12.2. The van der Waals surface area contributed by atoms with E-state index < -0.39 is 12.2 Å². The van der Waals surface area contributed by atoms with E-state index in [0.29, 0.717) is 4.47 Å². The Morgan fingerprint density at radius 1 is 1.64 bits per heavy atom. The largest absolute Gasteiger partial charge is 0.442 e. The highest BCUT2D eigenvalue weighted by molar-refractivity contribution is 9.10. The van der Waals surface area contributed by atoms with Gasteiger partial charge in [-0.3, -0.25) is 14.2 Å². The predicted molar refractivity (Wildman–Crippen MR) is 54.9 cm³/mol. The van der Waals surface area contributed by atoms with Crippen LogP contribution < -0.4 is 5.56 Å². The molecule has 0 radical (unpaired) electrons. The van der Waals surface area contributed by atoms with Gasteiger partial charge in [0.2, 0.25) is 0 Å². The molecule has 0 bridgehead atoms. The lowest BCUT2D eigenvalue weighted by atomic mass is 10.4. The molecular weight excluding hydrogens is 250 g/mol. The van der Waals surface area contributed by atoms with E-state index >= 15 is 0 Å². The molecule has 0 aliphatic carbocycles. The fourth-order valence-electron chi connectivity index (χ4n) is 1.07. The van der Waals surface area contributed by atoms with Crippen LogP contribution in [0.4, 0.5) is 0 Å². The number of pyridine rings is 1. The molecule has 14 heavy (non-hydrogen) atoms. The lowest BCUT2D eigenvalue weighted by Gasteiger charge is -2.14. The Bertz CT molecular complexity index is 399. The van der Waals surface area contributed by atoms with Crippen LogP contribution in [0.2, 0.25) is 0 Å². The van der Waals surface area contributed by atoms with Crippen molar-refractivity contribution in [1.29, 1.82) is 0 Å². The molecule has 0 amide bonds. The van der Waals surface area contributed by atoms with Crippen molar-refractivity contribution in [3.05, 3.63) is 33.2 Å². The molecule has 0 aliphatic rings. The monoisotopic (exact) mass is 259 g/mol. The van der Waals surface area contributed by atoms with Crippen LogP contribution in [-0.4, -0.2) is 10.5 Å². The van der Waals surface area contributed by atoms with Crippen LogP contribution in [0.5, 0.6) is 0 Å². The fraction of sp³-hybridized carbons (Fsp3) is 0.333. The number of hydrogen-bond acceptors (Lipinski definition) is 3. The van der Waals surface area contributed by atoms with Gasteiger partial charge in [-0.05, 0) is 35.0 Å². The highest BCUT2D eigenvalue weighted by atomic mass is 79.9. The van der Waals surface area contributed by atoms with Crippen LogP contribution in [0.3, 0.4) is 0 Å². The van der Waals surface area contributed by atoms with Crippen molar-refractivity contribution in [2.75, 3.05) is 0 Å². The van der Waals surface area contributed by atoms with Crippen LogP contribution in [0.1, 0.15) is 20.1 Å². The van der Waals surface area contributed by atoms with Gasteiger partial charge in [-0.2, -0.15) is 0 Å². The second kappa shape index (κ2) is 4.41. The lowest BCUT2D eigenvalue weighted by molar-refractivity contribution is -0.149. The number of halogens is 1. The summed E-state index contributed by atoms with van der Waals surface area (Å²) in [6.07, 6.45) is 0.984. The summed E-state index contributed by atoms with van der Waals surface area (Å²) in [4.78, 5) is 22.2. The van der Waals surface area contributed by atoms with E-state index in [-0.39, 0.29) is 5.56 Å². The van der Waals surface area contributed by atoms with Gasteiger partial charge in [0.05, 0.1) is 4.47 Å². The fourth-order valence-corrected chi connectivity index (χ4v) is 1.42. The molecule has 4 nitrogen and oxygen atoms in total. The minimum Gasteiger partial charge on any atom is -0.442 e. The first-order chi connectivity index (χ1) is 6.52. The van der Waals surface area contributed by atoms with Crippen molar-refractivity contribution in [2.24, 2.45) is 0 Å². The molecule has 1 atom stereocenters. The molecule has 5 heteroatoms. The Morgan fingerprint density at radius 3 is 2.86 bits per heavy atom. The molecule has 1 aromatic rings. The first-order valence-electron chi connectivity index (χ1n) is 4.06. The molecule has 0 aliphatic heterocycles. The maximum atomic E-state index is 11.5. The number of carbonyl (C=O) groups is 1. The summed E-state index contributed by atoms with van der Waals surface area (Å²) < 4.78 is 6.66. The van der Waals surface area contributed by atoms with Crippen molar-refractivity contribution < 1.29 is 9.53 Å². The van der Waals surface area contributed by atoms with Crippen LogP contribution in [0.15, 0.2) is 27.6 Å². The molecule has 76 valence electrons. The van der Waals surface area contributed by atoms with Gasteiger partial charge in [-0.25, -0.2) is 0 Å². The Labute approximate surface area is 89.6 Å². The van der Waals surface area contributed by atoms with E-state index in [0.717, 1.165) is 0 Å². The zero-order chi connectivity index (χ0) is 10.7. The van der Waals surface area contributed by atoms with E-state index in [1.807, 2.05) is 0 Å². The maximum absolute atomic E-state index is 11.5. The Morgan fingerprint density at radius 2 is 2.29 bits per heavy atom. The number of esters is 1. The van der Waals surface area contributed by atoms with Gasteiger partial charge in [0.25, 0.3) is 5.56 Å². The molecule has 1 rings (SSSR count). The molecule has 0 saturated carbocycles. The van der Waals surface area contributed by atoms with E-state index in [9.17, 15) is 9.59 Å². The minimum atomic E-state index is -0.586. The third-order valence-corrected chi connectivity index (χ3v) is 2.26. The Kier molecular flexibility index (Phi) is 3.46. The van der Waals surface area contributed by atoms with Gasteiger partial charge in [0.15, 0.2) is 6.23 Å². The summed E-state index contributed by atoms with van der Waals surface area (Å²) in [6.45, 7) is 2.94.